The van der Waals surface area contributed by atoms with E-state index in [2.05, 4.69) is 26.3 Å². The molecule has 1 aromatic carbocycles. The average molecular weight is 709 g/mol. The Morgan fingerprint density at radius 2 is 1.70 bits per heavy atom. The van der Waals surface area contributed by atoms with Gasteiger partial charge in [0.25, 0.3) is 0 Å². The Balaban J connectivity index is 1.31. The van der Waals surface area contributed by atoms with Gasteiger partial charge in [-0.3, -0.25) is 14.4 Å². The van der Waals surface area contributed by atoms with Crippen LogP contribution in [0.15, 0.2) is 30.5 Å². The van der Waals surface area contributed by atoms with Crippen molar-refractivity contribution in [2.24, 2.45) is 23.3 Å². The number of para-hydroxylation sites is 1. The Morgan fingerprint density at radius 1 is 0.920 bits per heavy atom. The molecule has 9 N–H and O–H groups in total. The molecule has 2 aliphatic heterocycles. The summed E-state index contributed by atoms with van der Waals surface area (Å²) in [5, 5.41) is 15.7. The van der Waals surface area contributed by atoms with Gasteiger partial charge in [-0.15, -0.1) is 11.8 Å². The van der Waals surface area contributed by atoms with Crippen molar-refractivity contribution in [3.8, 4) is 0 Å². The van der Waals surface area contributed by atoms with Gasteiger partial charge in [0, 0.05) is 54.4 Å². The van der Waals surface area contributed by atoms with Crippen LogP contribution in [0.1, 0.15) is 89.0 Å². The SMILES string of the molecule is CN1C(=O)[C@H](CCCC2(N)CC2)NC(=O)[C@H](CCCN)NCC2CCCNC2SC2CCCCC2CNC(=O)[C@@H]1Cc1c[nH]c2ccccc12. The quantitative estimate of drug-likeness (QED) is 0.209. The van der Waals surface area contributed by atoms with Crippen LogP contribution in [0, 0.1) is 11.8 Å². The molecule has 4 fully saturated rings. The maximum Gasteiger partial charge on any atom is 0.245 e. The van der Waals surface area contributed by atoms with Crippen LogP contribution < -0.4 is 32.7 Å². The third-order valence-electron chi connectivity index (χ3n) is 11.7. The second-order valence-corrected chi connectivity index (χ2v) is 16.9. The number of nitrogens with one attached hydrogen (secondary N) is 5. The molecule has 12 heteroatoms. The van der Waals surface area contributed by atoms with Crippen LogP contribution in [0.5, 0.6) is 0 Å². The van der Waals surface area contributed by atoms with E-state index in [9.17, 15) is 14.4 Å². The summed E-state index contributed by atoms with van der Waals surface area (Å²) in [6.45, 7) is 2.81. The molecular weight excluding hydrogens is 649 g/mol. The largest absolute Gasteiger partial charge is 0.361 e. The molecule has 2 saturated heterocycles. The maximum absolute atomic E-state index is 14.5. The minimum atomic E-state index is -0.770. The van der Waals surface area contributed by atoms with Gasteiger partial charge in [0.05, 0.1) is 11.4 Å². The van der Waals surface area contributed by atoms with E-state index in [1.807, 2.05) is 42.2 Å². The van der Waals surface area contributed by atoms with Crippen molar-refractivity contribution in [1.82, 2.24) is 31.2 Å². The zero-order chi connectivity index (χ0) is 35.1. The van der Waals surface area contributed by atoms with E-state index in [1.165, 1.54) is 12.8 Å². The summed E-state index contributed by atoms with van der Waals surface area (Å²) < 4.78 is 0. The van der Waals surface area contributed by atoms with Crippen LogP contribution in [0.2, 0.25) is 0 Å². The molecule has 0 bridgehead atoms. The number of hydrogen-bond donors (Lipinski definition) is 7. The van der Waals surface area contributed by atoms with Crippen LogP contribution in [0.25, 0.3) is 10.9 Å². The highest BCUT2D eigenvalue weighted by atomic mass is 32.2. The predicted molar refractivity (Wildman–Crippen MR) is 201 cm³/mol. The lowest BCUT2D eigenvalue weighted by Gasteiger charge is -2.39. The van der Waals surface area contributed by atoms with E-state index in [4.69, 9.17) is 11.5 Å². The molecule has 7 atom stereocenters. The number of H-pyrrole nitrogens is 1. The van der Waals surface area contributed by atoms with E-state index in [1.54, 1.807) is 11.9 Å². The summed E-state index contributed by atoms with van der Waals surface area (Å²) in [5.41, 5.74) is 14.2. The molecular formula is C38H60N8O3S. The van der Waals surface area contributed by atoms with Crippen LogP contribution in [-0.4, -0.2) is 95.1 Å². The Hall–Kier alpha value is -2.64. The second-order valence-electron chi connectivity index (χ2n) is 15.5. The smallest absolute Gasteiger partial charge is 0.245 e. The highest BCUT2D eigenvalue weighted by Gasteiger charge is 2.40. The highest BCUT2D eigenvalue weighted by Crippen LogP contribution is 2.39. The molecule has 2 saturated carbocycles. The van der Waals surface area contributed by atoms with Crippen LogP contribution in [0.3, 0.4) is 0 Å². The van der Waals surface area contributed by atoms with Crippen molar-refractivity contribution < 1.29 is 14.4 Å². The first-order chi connectivity index (χ1) is 24.2. The predicted octanol–water partition coefficient (Wildman–Crippen LogP) is 3.13. The van der Waals surface area contributed by atoms with Gasteiger partial charge >= 0.3 is 0 Å². The molecule has 50 heavy (non-hydrogen) atoms. The number of carbonyl (C=O) groups excluding carboxylic acids is 3. The number of aromatic amines is 1. The topological polar surface area (TPSA) is 170 Å². The lowest BCUT2D eigenvalue weighted by Crippen LogP contribution is -2.57. The minimum Gasteiger partial charge on any atom is -0.361 e. The van der Waals surface area contributed by atoms with E-state index in [0.717, 1.165) is 80.9 Å². The van der Waals surface area contributed by atoms with E-state index in [-0.39, 0.29) is 28.6 Å². The van der Waals surface area contributed by atoms with E-state index < -0.39 is 18.1 Å². The number of nitrogens with zero attached hydrogens (tertiary/aromatic N) is 1. The summed E-state index contributed by atoms with van der Waals surface area (Å²) in [6.07, 6.45) is 14.4. The zero-order valence-corrected chi connectivity index (χ0v) is 30.7. The number of amides is 3. The van der Waals surface area contributed by atoms with Crippen LogP contribution in [0.4, 0.5) is 0 Å². The monoisotopic (exact) mass is 708 g/mol. The number of fused-ring (bicyclic) bond motifs is 3. The molecule has 0 spiro atoms. The number of thioether (sulfide) groups is 1. The Kier molecular flexibility index (Phi) is 12.8. The zero-order valence-electron chi connectivity index (χ0n) is 29.9. The Bertz CT molecular complexity index is 1450. The fourth-order valence-corrected chi connectivity index (χ4v) is 10.1. The van der Waals surface area contributed by atoms with E-state index >= 15 is 0 Å². The number of piperidine rings is 1. The van der Waals surface area contributed by atoms with Gasteiger partial charge in [0.2, 0.25) is 17.7 Å². The van der Waals surface area contributed by atoms with E-state index in [0.29, 0.717) is 55.9 Å². The molecule has 2 aliphatic carbocycles. The lowest BCUT2D eigenvalue weighted by atomic mass is 9.88. The molecule has 3 heterocycles. The molecule has 0 radical (unpaired) electrons. The first-order valence-electron chi connectivity index (χ1n) is 19.3. The van der Waals surface area contributed by atoms with Gasteiger partial charge in [-0.25, -0.2) is 0 Å². The standard InChI is InChI=1S/C38H60N8O3S/c1-46-32(21-27-24-42-29-12-4-3-11-28(27)29)35(48)44-22-25-9-2-5-15-33(25)50-36-26(10-8-20-41-36)23-43-30(14-7-19-39)34(47)45-31(37(46)49)13-6-16-38(40)17-18-38/h3-4,11-12,24-26,30-33,36,41-43H,2,5-10,13-23,39-40H2,1H3,(H,44,48)(H,45,47)/t25?,26?,30-,31-,32-,33?,36?/m0/s1. The summed E-state index contributed by atoms with van der Waals surface area (Å²) in [4.78, 5) is 47.9. The number of carbonyl (C=O) groups is 3. The first kappa shape index (κ1) is 37.1. The Labute approximate surface area is 301 Å². The molecule has 1 aromatic heterocycles. The minimum absolute atomic E-state index is 0.148. The average Bonchev–Trinajstić information content (AvgIpc) is 3.72. The number of benzene rings is 1. The highest BCUT2D eigenvalue weighted by molar-refractivity contribution is 8.00. The molecule has 4 unspecified atom stereocenters. The lowest BCUT2D eigenvalue weighted by molar-refractivity contribution is -0.142. The summed E-state index contributed by atoms with van der Waals surface area (Å²) in [7, 11) is 1.72. The molecule has 276 valence electrons. The van der Waals surface area contributed by atoms with Gasteiger partial charge in [-0.2, -0.15) is 0 Å². The fraction of sp³-hybridized carbons (Fsp3) is 0.711. The number of likely N-dealkylation sites (N-methyl/N-ethyl adjacent to an activating group) is 1. The molecule has 3 amide bonds. The van der Waals surface area contributed by atoms with Crippen molar-refractivity contribution in [2.45, 2.75) is 124 Å². The number of nitrogens with two attached hydrogens (primary N) is 2. The van der Waals surface area contributed by atoms with Crippen molar-refractivity contribution in [3.63, 3.8) is 0 Å². The van der Waals surface area contributed by atoms with Crippen LogP contribution >= 0.6 is 11.8 Å². The maximum atomic E-state index is 14.5. The fourth-order valence-electron chi connectivity index (χ4n) is 8.27. The summed E-state index contributed by atoms with van der Waals surface area (Å²) in [6, 6.07) is 6.08. The molecule has 11 nitrogen and oxygen atoms in total. The normalized spacial score (nSPS) is 31.3. The number of hydrogen-bond acceptors (Lipinski definition) is 8. The summed E-state index contributed by atoms with van der Waals surface area (Å²) in [5.74, 6) is 0.161. The molecule has 4 aliphatic rings. The molecule has 2 aromatic rings. The van der Waals surface area contributed by atoms with Gasteiger partial charge in [0.1, 0.15) is 12.1 Å². The van der Waals surface area contributed by atoms with Crippen molar-refractivity contribution in [3.05, 3.63) is 36.0 Å². The third-order valence-corrected chi connectivity index (χ3v) is 13.6. The summed E-state index contributed by atoms with van der Waals surface area (Å²) >= 11 is 2.04. The first-order valence-corrected chi connectivity index (χ1v) is 20.2. The molecule has 6 rings (SSSR count). The van der Waals surface area contributed by atoms with Gasteiger partial charge < -0.3 is 42.6 Å². The van der Waals surface area contributed by atoms with Crippen molar-refractivity contribution in [1.29, 1.82) is 0 Å². The second kappa shape index (κ2) is 17.3. The van der Waals surface area contributed by atoms with Crippen molar-refractivity contribution >= 4 is 40.4 Å². The van der Waals surface area contributed by atoms with Crippen LogP contribution in [-0.2, 0) is 20.8 Å². The van der Waals surface area contributed by atoms with Gasteiger partial charge in [-0.05, 0) is 107 Å². The Morgan fingerprint density at radius 3 is 2.52 bits per heavy atom. The third kappa shape index (κ3) is 9.42. The van der Waals surface area contributed by atoms with Crippen molar-refractivity contribution in [2.75, 3.05) is 33.2 Å². The van der Waals surface area contributed by atoms with Gasteiger partial charge in [-0.1, -0.05) is 31.0 Å². The number of rotatable bonds is 9. The number of aromatic nitrogens is 1. The van der Waals surface area contributed by atoms with Gasteiger partial charge in [0.15, 0.2) is 0 Å².